The van der Waals surface area contributed by atoms with E-state index in [1.54, 1.807) is 0 Å². The van der Waals surface area contributed by atoms with Crippen LogP contribution in [0.5, 0.6) is 0 Å². The van der Waals surface area contributed by atoms with Crippen LogP contribution in [0.15, 0.2) is 30.3 Å². The largest absolute Gasteiger partial charge is 1.00 e. The van der Waals surface area contributed by atoms with Crippen molar-refractivity contribution in [1.29, 1.82) is 0 Å². The molecule has 1 aromatic rings. The number of nitrogens with two attached hydrogens (primary N) is 1. The first-order valence-electron chi connectivity index (χ1n) is 3.39. The van der Waals surface area contributed by atoms with Crippen molar-refractivity contribution in [3.63, 3.8) is 0 Å². The molecule has 0 bridgehead atoms. The first-order chi connectivity index (χ1) is 5.58. The Morgan fingerprint density at radius 2 is 1.85 bits per heavy atom. The summed E-state index contributed by atoms with van der Waals surface area (Å²) in [6.45, 7) is 0.236. The van der Waals surface area contributed by atoms with Crippen LogP contribution in [-0.4, -0.2) is 8.42 Å². The van der Waals surface area contributed by atoms with Crippen LogP contribution in [0.25, 0.3) is 0 Å². The fourth-order valence-electron chi connectivity index (χ4n) is 0.780. The van der Waals surface area contributed by atoms with Crippen LogP contribution in [0.3, 0.4) is 0 Å². The Morgan fingerprint density at radius 3 is 2.31 bits per heavy atom. The molecule has 1 aromatic carbocycles. The predicted octanol–water partition coefficient (Wildman–Crippen LogP) is -2.90. The number of rotatable bonds is 3. The van der Waals surface area contributed by atoms with Gasteiger partial charge in [-0.2, -0.15) is 13.1 Å². The Labute approximate surface area is 122 Å². The predicted molar refractivity (Wildman–Crippen MR) is 47.5 cm³/mol. The minimum Gasteiger partial charge on any atom is -1.00 e. The van der Waals surface area contributed by atoms with Gasteiger partial charge in [0.15, 0.2) is 0 Å². The molecule has 0 saturated heterocycles. The molecule has 0 amide bonds. The normalized spacial score (nSPS) is 10.5. The molecule has 6 heteroatoms. The molecule has 13 heavy (non-hydrogen) atoms. The molecule has 1 rings (SSSR count). The Morgan fingerprint density at radius 1 is 1.31 bits per heavy atom. The molecule has 0 spiro atoms. The second-order valence-corrected chi connectivity index (χ2v) is 3.73. The van der Waals surface area contributed by atoms with Gasteiger partial charge in [-0.3, -0.25) is 0 Å². The average molecular weight is 226 g/mol. The van der Waals surface area contributed by atoms with Gasteiger partial charge in [0.05, 0.1) is 0 Å². The third-order valence-electron chi connectivity index (χ3n) is 1.32. The molecular weight excluding hydrogens is 215 g/mol. The van der Waals surface area contributed by atoms with Crippen molar-refractivity contribution in [3.05, 3.63) is 35.9 Å². The van der Waals surface area contributed by atoms with Crippen molar-refractivity contribution in [2.45, 2.75) is 6.54 Å². The maximum absolute atomic E-state index is 10.5. The summed E-state index contributed by atoms with van der Waals surface area (Å²) in [4.78, 5) is 0. The second-order valence-electron chi connectivity index (χ2n) is 2.35. The van der Waals surface area contributed by atoms with E-state index in [0.717, 1.165) is 5.56 Å². The van der Waals surface area contributed by atoms with E-state index in [2.05, 4.69) is 4.72 Å². The molecule has 0 saturated carbocycles. The first-order valence-corrected chi connectivity index (χ1v) is 4.94. The fraction of sp³-hybridized carbons (Fsp3) is 0.143. The molecule has 0 aliphatic rings. The summed E-state index contributed by atoms with van der Waals surface area (Å²) in [6.07, 6.45) is 0. The van der Waals surface area contributed by atoms with Crippen molar-refractivity contribution in [3.8, 4) is 0 Å². The van der Waals surface area contributed by atoms with Crippen LogP contribution in [0.4, 0.5) is 0 Å². The fourth-order valence-corrected chi connectivity index (χ4v) is 1.15. The van der Waals surface area contributed by atoms with E-state index < -0.39 is 10.2 Å². The van der Waals surface area contributed by atoms with E-state index in [1.165, 1.54) is 0 Å². The Hall–Kier alpha value is 0.726. The van der Waals surface area contributed by atoms with Gasteiger partial charge in [-0.05, 0) is 5.56 Å². The number of hydrogen-bond acceptors (Lipinski definition) is 2. The van der Waals surface area contributed by atoms with Crippen LogP contribution in [0.1, 0.15) is 6.99 Å². The van der Waals surface area contributed by atoms with Crippen LogP contribution in [0, 0.1) is 0 Å². The van der Waals surface area contributed by atoms with Crippen molar-refractivity contribution in [1.82, 2.24) is 4.72 Å². The smallest absolute Gasteiger partial charge is 1.00 e. The molecule has 0 aromatic heterocycles. The van der Waals surface area contributed by atoms with Gasteiger partial charge in [0, 0.05) is 6.54 Å². The molecule has 0 atom stereocenters. The van der Waals surface area contributed by atoms with Crippen LogP contribution >= 0.6 is 0 Å². The van der Waals surface area contributed by atoms with Crippen molar-refractivity contribution in [2.75, 3.05) is 0 Å². The third kappa shape index (κ3) is 6.75. The van der Waals surface area contributed by atoms with E-state index in [4.69, 9.17) is 5.14 Å². The van der Waals surface area contributed by atoms with E-state index in [9.17, 15) is 8.42 Å². The Balaban J connectivity index is 0. The summed E-state index contributed by atoms with van der Waals surface area (Å²) in [6, 6.07) is 9.16. The molecule has 0 heterocycles. The summed E-state index contributed by atoms with van der Waals surface area (Å²) in [5.74, 6) is 0. The maximum atomic E-state index is 10.5. The SMILES string of the molecule is NS(=O)(=O)NCc1ccccc1.[H-].[K+]. The summed E-state index contributed by atoms with van der Waals surface area (Å²) in [7, 11) is -3.57. The number of benzene rings is 1. The summed E-state index contributed by atoms with van der Waals surface area (Å²) in [5.41, 5.74) is 0.881. The Kier molecular flexibility index (Phi) is 6.60. The van der Waals surface area contributed by atoms with Crippen molar-refractivity contribution < 1.29 is 61.2 Å². The molecule has 0 radical (unpaired) electrons. The zero-order valence-corrected chi connectivity index (χ0v) is 11.3. The van der Waals surface area contributed by atoms with Gasteiger partial charge in [0.1, 0.15) is 0 Å². The monoisotopic (exact) mass is 226 g/mol. The second kappa shape index (κ2) is 6.26. The van der Waals surface area contributed by atoms with E-state index in [-0.39, 0.29) is 59.4 Å². The van der Waals surface area contributed by atoms with Crippen molar-refractivity contribution in [2.24, 2.45) is 5.14 Å². The van der Waals surface area contributed by atoms with Gasteiger partial charge in [-0.25, -0.2) is 5.14 Å². The molecule has 4 nitrogen and oxygen atoms in total. The first kappa shape index (κ1) is 13.7. The molecule has 68 valence electrons. The minimum absolute atomic E-state index is 0. The van der Waals surface area contributed by atoms with Crippen LogP contribution in [-0.2, 0) is 16.8 Å². The molecule has 0 unspecified atom stereocenters. The minimum atomic E-state index is -3.57. The molecule has 0 aliphatic carbocycles. The average Bonchev–Trinajstić information content (AvgIpc) is 2.02. The third-order valence-corrected chi connectivity index (χ3v) is 1.87. The molecule has 0 aliphatic heterocycles. The molecular formula is C7H11KN2O2S. The summed E-state index contributed by atoms with van der Waals surface area (Å²) >= 11 is 0. The van der Waals surface area contributed by atoms with E-state index in [1.807, 2.05) is 30.3 Å². The number of hydrogen-bond donors (Lipinski definition) is 2. The summed E-state index contributed by atoms with van der Waals surface area (Å²) in [5, 5.41) is 4.74. The van der Waals surface area contributed by atoms with E-state index in [0.29, 0.717) is 0 Å². The number of nitrogens with one attached hydrogen (secondary N) is 1. The molecule has 3 N–H and O–H groups in total. The van der Waals surface area contributed by atoms with Crippen LogP contribution in [0.2, 0.25) is 0 Å². The van der Waals surface area contributed by atoms with Gasteiger partial charge >= 0.3 is 51.4 Å². The zero-order chi connectivity index (χ0) is 9.03. The maximum Gasteiger partial charge on any atom is 1.00 e. The Bertz CT molecular complexity index is 344. The van der Waals surface area contributed by atoms with Crippen LogP contribution < -0.4 is 61.2 Å². The summed E-state index contributed by atoms with van der Waals surface area (Å²) < 4.78 is 23.1. The van der Waals surface area contributed by atoms with Gasteiger partial charge in [0.25, 0.3) is 10.2 Å². The molecule has 0 fully saturated rings. The standard InChI is InChI=1S/C7H10N2O2S.K.H/c8-12(10,11)9-6-7-4-2-1-3-5-7;;/h1-5,9H,6H2,(H2,8,10,11);;/q;+1;-1. The zero-order valence-electron chi connectivity index (χ0n) is 8.40. The van der Waals surface area contributed by atoms with Gasteiger partial charge in [-0.1, -0.05) is 30.3 Å². The quantitative estimate of drug-likeness (QED) is 0.543. The van der Waals surface area contributed by atoms with Gasteiger partial charge in [0.2, 0.25) is 0 Å². The van der Waals surface area contributed by atoms with Crippen molar-refractivity contribution >= 4 is 10.2 Å². The topological polar surface area (TPSA) is 72.2 Å². The van der Waals surface area contributed by atoms with Gasteiger partial charge in [-0.15, -0.1) is 0 Å². The van der Waals surface area contributed by atoms with Gasteiger partial charge < -0.3 is 1.43 Å². The van der Waals surface area contributed by atoms with E-state index >= 15 is 0 Å².